The fourth-order valence-electron chi connectivity index (χ4n) is 2.08. The van der Waals surface area contributed by atoms with E-state index in [2.05, 4.69) is 23.8 Å². The van der Waals surface area contributed by atoms with Gasteiger partial charge in [-0.1, -0.05) is 6.92 Å². The molecular weight excluding hydrogens is 216 g/mol. The molecule has 0 spiro atoms. The molecule has 4 nitrogen and oxygen atoms in total. The van der Waals surface area contributed by atoms with Crippen molar-refractivity contribution >= 4 is 0 Å². The third kappa shape index (κ3) is 6.99. The Hall–Kier alpha value is -0.160. The van der Waals surface area contributed by atoms with E-state index >= 15 is 0 Å². The Morgan fingerprint density at radius 2 is 1.82 bits per heavy atom. The lowest BCUT2D eigenvalue weighted by Gasteiger charge is -2.32. The van der Waals surface area contributed by atoms with Crippen LogP contribution in [0, 0.1) is 5.92 Å². The van der Waals surface area contributed by atoms with E-state index in [4.69, 9.17) is 9.47 Å². The first-order chi connectivity index (χ1) is 8.22. The molecule has 0 aromatic rings. The summed E-state index contributed by atoms with van der Waals surface area (Å²) in [7, 11) is 3.93. The highest BCUT2D eigenvalue weighted by Gasteiger charge is 2.12. The van der Waals surface area contributed by atoms with Gasteiger partial charge < -0.3 is 19.3 Å². The lowest BCUT2D eigenvalue weighted by Crippen LogP contribution is -2.44. The van der Waals surface area contributed by atoms with Gasteiger partial charge in [0.25, 0.3) is 0 Å². The highest BCUT2D eigenvalue weighted by Crippen LogP contribution is 2.01. The third-order valence-electron chi connectivity index (χ3n) is 3.21. The lowest BCUT2D eigenvalue weighted by atomic mass is 10.2. The monoisotopic (exact) mass is 244 g/mol. The van der Waals surface area contributed by atoms with Gasteiger partial charge >= 0.3 is 0 Å². The van der Waals surface area contributed by atoms with Gasteiger partial charge in [0, 0.05) is 52.4 Å². The molecule has 0 aromatic carbocycles. The molecule has 1 rings (SSSR count). The van der Waals surface area contributed by atoms with Crippen LogP contribution >= 0.6 is 0 Å². The minimum Gasteiger partial charge on any atom is -0.384 e. The molecule has 0 saturated carbocycles. The number of hydrogen-bond donors (Lipinski definition) is 0. The summed E-state index contributed by atoms with van der Waals surface area (Å²) in [6.45, 7) is 10.6. The minimum atomic E-state index is 0.503. The summed E-state index contributed by atoms with van der Waals surface area (Å²) in [6.07, 6.45) is 1.14. The zero-order valence-electron chi connectivity index (χ0n) is 11.7. The van der Waals surface area contributed by atoms with Crippen molar-refractivity contribution in [2.24, 2.45) is 5.92 Å². The van der Waals surface area contributed by atoms with E-state index in [0.29, 0.717) is 5.92 Å². The largest absolute Gasteiger partial charge is 0.384 e. The van der Waals surface area contributed by atoms with Crippen LogP contribution in [0.2, 0.25) is 0 Å². The predicted octanol–water partition coefficient (Wildman–Crippen LogP) is 0.923. The van der Waals surface area contributed by atoms with E-state index < -0.39 is 0 Å². The van der Waals surface area contributed by atoms with Crippen LogP contribution in [0.4, 0.5) is 0 Å². The molecule has 1 atom stereocenters. The second-order valence-corrected chi connectivity index (χ2v) is 5.13. The van der Waals surface area contributed by atoms with E-state index in [1.165, 1.54) is 32.7 Å². The molecule has 0 amide bonds. The quantitative estimate of drug-likeness (QED) is 0.593. The van der Waals surface area contributed by atoms with Gasteiger partial charge in [-0.3, -0.25) is 0 Å². The smallest absolute Gasteiger partial charge is 0.0513 e. The summed E-state index contributed by atoms with van der Waals surface area (Å²) in [5, 5.41) is 0. The maximum Gasteiger partial charge on any atom is 0.0513 e. The molecule has 1 saturated heterocycles. The summed E-state index contributed by atoms with van der Waals surface area (Å²) in [6, 6.07) is 0. The summed E-state index contributed by atoms with van der Waals surface area (Å²) < 4.78 is 10.7. The summed E-state index contributed by atoms with van der Waals surface area (Å²) in [5.74, 6) is 0.503. The van der Waals surface area contributed by atoms with Crippen molar-refractivity contribution in [2.75, 3.05) is 66.7 Å². The number of ether oxygens (including phenoxy) is 2. The first kappa shape index (κ1) is 14.9. The van der Waals surface area contributed by atoms with Gasteiger partial charge in [0.1, 0.15) is 0 Å². The Labute approximate surface area is 106 Å². The summed E-state index contributed by atoms with van der Waals surface area (Å²) >= 11 is 0. The molecule has 1 aliphatic rings. The van der Waals surface area contributed by atoms with E-state index in [9.17, 15) is 0 Å². The number of hydrogen-bond acceptors (Lipinski definition) is 4. The Balaban J connectivity index is 1.90. The average Bonchev–Trinajstić information content (AvgIpc) is 2.31. The Kier molecular flexibility index (Phi) is 7.77. The highest BCUT2D eigenvalue weighted by molar-refractivity contribution is 4.68. The van der Waals surface area contributed by atoms with Crippen molar-refractivity contribution in [3.63, 3.8) is 0 Å². The second kappa shape index (κ2) is 8.86. The fraction of sp³-hybridized carbons (Fsp3) is 1.00. The van der Waals surface area contributed by atoms with Crippen molar-refractivity contribution in [1.29, 1.82) is 0 Å². The molecule has 0 bridgehead atoms. The van der Waals surface area contributed by atoms with Crippen LogP contribution in [0.25, 0.3) is 0 Å². The number of rotatable bonds is 8. The minimum absolute atomic E-state index is 0.503. The number of methoxy groups -OCH3 is 1. The van der Waals surface area contributed by atoms with Crippen molar-refractivity contribution in [3.8, 4) is 0 Å². The van der Waals surface area contributed by atoms with Crippen LogP contribution in [0.15, 0.2) is 0 Å². The zero-order valence-corrected chi connectivity index (χ0v) is 11.7. The topological polar surface area (TPSA) is 24.9 Å². The van der Waals surface area contributed by atoms with E-state index in [0.717, 1.165) is 26.2 Å². The van der Waals surface area contributed by atoms with Gasteiger partial charge in [-0.05, 0) is 13.5 Å². The fourth-order valence-corrected chi connectivity index (χ4v) is 2.08. The molecule has 17 heavy (non-hydrogen) atoms. The molecule has 0 N–H and O–H groups in total. The molecule has 1 heterocycles. The average molecular weight is 244 g/mol. The zero-order chi connectivity index (χ0) is 12.5. The SMILES string of the molecule is COCC(C)COCCCN1CCN(C)CC1. The van der Waals surface area contributed by atoms with Crippen molar-refractivity contribution in [1.82, 2.24) is 9.80 Å². The van der Waals surface area contributed by atoms with E-state index in [1.807, 2.05) is 0 Å². The molecule has 0 aliphatic carbocycles. The van der Waals surface area contributed by atoms with Crippen LogP contribution < -0.4 is 0 Å². The molecule has 1 aliphatic heterocycles. The number of piperazine rings is 1. The summed E-state index contributed by atoms with van der Waals surface area (Å²) in [4.78, 5) is 4.92. The Bertz CT molecular complexity index is 182. The van der Waals surface area contributed by atoms with Gasteiger partial charge in [0.15, 0.2) is 0 Å². The van der Waals surface area contributed by atoms with Crippen LogP contribution in [-0.4, -0.2) is 76.5 Å². The highest BCUT2D eigenvalue weighted by atomic mass is 16.5. The molecule has 102 valence electrons. The van der Waals surface area contributed by atoms with Crippen LogP contribution in [0.3, 0.4) is 0 Å². The molecule has 0 radical (unpaired) electrons. The van der Waals surface area contributed by atoms with Crippen molar-refractivity contribution in [2.45, 2.75) is 13.3 Å². The van der Waals surface area contributed by atoms with Crippen molar-refractivity contribution in [3.05, 3.63) is 0 Å². The maximum atomic E-state index is 5.64. The second-order valence-electron chi connectivity index (χ2n) is 5.13. The maximum absolute atomic E-state index is 5.64. The predicted molar refractivity (Wildman–Crippen MR) is 70.4 cm³/mol. The van der Waals surface area contributed by atoms with Gasteiger partial charge in [-0.15, -0.1) is 0 Å². The van der Waals surface area contributed by atoms with Crippen molar-refractivity contribution < 1.29 is 9.47 Å². The van der Waals surface area contributed by atoms with E-state index in [-0.39, 0.29) is 0 Å². The number of likely N-dealkylation sites (N-methyl/N-ethyl adjacent to an activating group) is 1. The third-order valence-corrected chi connectivity index (χ3v) is 3.21. The van der Waals surface area contributed by atoms with Crippen LogP contribution in [0.5, 0.6) is 0 Å². The molecular formula is C13H28N2O2. The normalized spacial score (nSPS) is 20.6. The molecule has 1 unspecified atom stereocenters. The standard InChI is InChI=1S/C13H28N2O2/c1-13(11-16-3)12-17-10-4-5-15-8-6-14(2)7-9-15/h13H,4-12H2,1-3H3. The van der Waals surface area contributed by atoms with Gasteiger partial charge in [-0.2, -0.15) is 0 Å². The van der Waals surface area contributed by atoms with Gasteiger partial charge in [-0.25, -0.2) is 0 Å². The first-order valence-electron chi connectivity index (χ1n) is 6.70. The first-order valence-corrected chi connectivity index (χ1v) is 6.70. The Morgan fingerprint density at radius 1 is 1.12 bits per heavy atom. The van der Waals surface area contributed by atoms with Gasteiger partial charge in [0.2, 0.25) is 0 Å². The Morgan fingerprint density at radius 3 is 2.47 bits per heavy atom. The summed E-state index contributed by atoms with van der Waals surface area (Å²) in [5.41, 5.74) is 0. The van der Waals surface area contributed by atoms with E-state index in [1.54, 1.807) is 7.11 Å². The van der Waals surface area contributed by atoms with Gasteiger partial charge in [0.05, 0.1) is 13.2 Å². The molecule has 1 fully saturated rings. The van der Waals surface area contributed by atoms with Crippen LogP contribution in [0.1, 0.15) is 13.3 Å². The molecule has 0 aromatic heterocycles. The number of nitrogens with zero attached hydrogens (tertiary/aromatic N) is 2. The van der Waals surface area contributed by atoms with Crippen LogP contribution in [-0.2, 0) is 9.47 Å². The lowest BCUT2D eigenvalue weighted by molar-refractivity contribution is 0.0570. The molecule has 4 heteroatoms.